The molecule has 1 aliphatic heterocycles. The second-order valence-corrected chi connectivity index (χ2v) is 12.3. The third kappa shape index (κ3) is 5.24. The van der Waals surface area contributed by atoms with E-state index in [0.29, 0.717) is 36.2 Å². The fourth-order valence-electron chi connectivity index (χ4n) is 3.95. The van der Waals surface area contributed by atoms with E-state index in [-0.39, 0.29) is 33.9 Å². The number of sulfonamides is 1. The van der Waals surface area contributed by atoms with E-state index >= 15 is 0 Å². The van der Waals surface area contributed by atoms with Crippen molar-refractivity contribution < 1.29 is 26.4 Å². The molecule has 0 amide bonds. The van der Waals surface area contributed by atoms with E-state index in [2.05, 4.69) is 16.8 Å². The van der Waals surface area contributed by atoms with Crippen LogP contribution in [0.15, 0.2) is 61.5 Å². The van der Waals surface area contributed by atoms with E-state index in [4.69, 9.17) is 13.5 Å². The molecular formula is C25H26N3O8PS. The van der Waals surface area contributed by atoms with Gasteiger partial charge in [0, 0.05) is 30.8 Å². The lowest BCUT2D eigenvalue weighted by atomic mass is 10.1. The highest BCUT2D eigenvalue weighted by molar-refractivity contribution is 7.93. The maximum absolute atomic E-state index is 13.3. The summed E-state index contributed by atoms with van der Waals surface area (Å²) in [6, 6.07) is 8.98. The summed E-state index contributed by atoms with van der Waals surface area (Å²) in [5.74, 6) is 4.71. The number of unbranched alkanes of at least 4 members (excludes halogenated alkanes) is 1. The molecule has 1 aromatic carbocycles. The van der Waals surface area contributed by atoms with E-state index in [1.54, 1.807) is 32.0 Å². The lowest BCUT2D eigenvalue weighted by molar-refractivity contribution is 0.220. The Morgan fingerprint density at radius 3 is 2.45 bits per heavy atom. The molecule has 2 aromatic heterocycles. The van der Waals surface area contributed by atoms with Gasteiger partial charge in [0.15, 0.2) is 11.4 Å². The van der Waals surface area contributed by atoms with Crippen LogP contribution >= 0.6 is 7.60 Å². The van der Waals surface area contributed by atoms with E-state index in [0.717, 1.165) is 4.31 Å². The third-order valence-electron chi connectivity index (χ3n) is 5.67. The number of pyridine rings is 1. The van der Waals surface area contributed by atoms with Gasteiger partial charge in [-0.25, -0.2) is 18.2 Å². The molecule has 11 nitrogen and oxygen atoms in total. The first-order chi connectivity index (χ1) is 18.1. The van der Waals surface area contributed by atoms with Crippen molar-refractivity contribution in [1.82, 2.24) is 9.55 Å². The molecular weight excluding hydrogens is 533 g/mol. The number of nitrogens with zero attached hydrogens (tertiary/aromatic N) is 3. The van der Waals surface area contributed by atoms with E-state index in [9.17, 15) is 22.6 Å². The number of anilines is 1. The second kappa shape index (κ2) is 11.1. The summed E-state index contributed by atoms with van der Waals surface area (Å²) in [5, 5.41) is 0. The zero-order chi connectivity index (χ0) is 27.5. The first-order valence-corrected chi connectivity index (χ1v) is 15.0. The van der Waals surface area contributed by atoms with Crippen LogP contribution in [0, 0.1) is 11.8 Å². The normalized spacial score (nSPS) is 13.8. The first-order valence-electron chi connectivity index (χ1n) is 11.8. The van der Waals surface area contributed by atoms with Gasteiger partial charge in [-0.05, 0) is 44.5 Å². The molecule has 4 rings (SSSR count). The van der Waals surface area contributed by atoms with Crippen molar-refractivity contribution in [1.29, 1.82) is 0 Å². The average molecular weight is 560 g/mol. The van der Waals surface area contributed by atoms with Gasteiger partial charge in [0.25, 0.3) is 15.6 Å². The Morgan fingerprint density at radius 1 is 1.08 bits per heavy atom. The molecule has 0 saturated carbocycles. The Balaban J connectivity index is 1.58. The van der Waals surface area contributed by atoms with Crippen molar-refractivity contribution in [3.05, 3.63) is 69.1 Å². The van der Waals surface area contributed by atoms with Crippen LogP contribution in [0.3, 0.4) is 0 Å². The predicted molar refractivity (Wildman–Crippen MR) is 141 cm³/mol. The van der Waals surface area contributed by atoms with E-state index < -0.39 is 28.9 Å². The summed E-state index contributed by atoms with van der Waals surface area (Å²) in [7, 11) is -5.91. The molecule has 0 bridgehead atoms. The summed E-state index contributed by atoms with van der Waals surface area (Å²) >= 11 is 0. The van der Waals surface area contributed by atoms with Gasteiger partial charge in [0.1, 0.15) is 5.82 Å². The highest BCUT2D eigenvalue weighted by Gasteiger charge is 2.37. The molecule has 13 heteroatoms. The van der Waals surface area contributed by atoms with Gasteiger partial charge in [0.2, 0.25) is 0 Å². The summed E-state index contributed by atoms with van der Waals surface area (Å²) in [6.45, 7) is 4.10. The Morgan fingerprint density at radius 2 is 1.79 bits per heavy atom. The first kappa shape index (κ1) is 27.5. The Hall–Kier alpha value is -3.49. The highest BCUT2D eigenvalue weighted by Crippen LogP contribution is 2.48. The minimum atomic E-state index is -4.02. The fraction of sp³-hybridized carbons (Fsp3) is 0.320. The van der Waals surface area contributed by atoms with E-state index in [1.165, 1.54) is 31.4 Å². The summed E-state index contributed by atoms with van der Waals surface area (Å²) in [6.07, 6.45) is 2.60. The molecule has 0 spiro atoms. The molecule has 200 valence electrons. The fourth-order valence-corrected chi connectivity index (χ4v) is 7.00. The highest BCUT2D eigenvalue weighted by atomic mass is 32.2. The number of rotatable bonds is 8. The van der Waals surface area contributed by atoms with Crippen molar-refractivity contribution in [2.75, 3.05) is 30.7 Å². The molecule has 0 saturated heterocycles. The van der Waals surface area contributed by atoms with Crippen molar-refractivity contribution in [2.24, 2.45) is 0 Å². The monoisotopic (exact) mass is 559 g/mol. The van der Waals surface area contributed by atoms with Crippen molar-refractivity contribution in [3.63, 3.8) is 0 Å². The Kier molecular flexibility index (Phi) is 8.04. The molecule has 0 N–H and O–H groups in total. The van der Waals surface area contributed by atoms with E-state index in [1.807, 2.05) is 0 Å². The van der Waals surface area contributed by atoms with Crippen LogP contribution in [0.2, 0.25) is 0 Å². The Bertz CT molecular complexity index is 1670. The largest absolute Gasteiger partial charge is 0.428 e. The topological polar surface area (TPSA) is 138 Å². The van der Waals surface area contributed by atoms with Gasteiger partial charge >= 0.3 is 13.4 Å². The maximum Gasteiger partial charge on any atom is 0.428 e. The minimum Gasteiger partial charge on any atom is -0.406 e. The van der Waals surface area contributed by atoms with Crippen LogP contribution in [-0.4, -0.2) is 44.4 Å². The maximum atomic E-state index is 13.3. The van der Waals surface area contributed by atoms with Crippen LogP contribution in [0.1, 0.15) is 32.3 Å². The molecule has 1 aliphatic rings. The Labute approximate surface area is 219 Å². The van der Waals surface area contributed by atoms with Gasteiger partial charge in [-0.3, -0.25) is 13.7 Å². The van der Waals surface area contributed by atoms with Crippen LogP contribution < -0.4 is 15.6 Å². The third-order valence-corrected chi connectivity index (χ3v) is 9.66. The number of hydrogen-bond donors (Lipinski definition) is 0. The smallest absolute Gasteiger partial charge is 0.406 e. The van der Waals surface area contributed by atoms with Gasteiger partial charge in [-0.2, -0.15) is 4.57 Å². The van der Waals surface area contributed by atoms with Gasteiger partial charge < -0.3 is 13.5 Å². The molecule has 0 unspecified atom stereocenters. The molecule has 0 aliphatic carbocycles. The van der Waals surface area contributed by atoms with Gasteiger partial charge in [-0.1, -0.05) is 24.0 Å². The standard InChI is InChI=1S/C25H26N3O8PS/c1-4-34-37(31,35-5-2)16-10-6-7-11-18-14-15-21(26-17-18)28-24(29)22-23(36-25(28)30)19-12-8-9-13-20(19)38(32,33)27(22)3/h8-9,12-15,17H,4-6,10,16H2,1-3H3. The average Bonchev–Trinajstić information content (AvgIpc) is 2.88. The van der Waals surface area contributed by atoms with Crippen molar-refractivity contribution in [2.45, 2.75) is 31.6 Å². The van der Waals surface area contributed by atoms with Gasteiger partial charge in [-0.15, -0.1) is 0 Å². The number of fused-ring (bicyclic) bond motifs is 3. The minimum absolute atomic E-state index is 0.0453. The van der Waals surface area contributed by atoms with Crippen LogP contribution in [-0.2, 0) is 23.6 Å². The number of aromatic nitrogens is 2. The summed E-state index contributed by atoms with van der Waals surface area (Å²) in [5.41, 5.74) is -0.503. The summed E-state index contributed by atoms with van der Waals surface area (Å²) < 4.78 is 55.8. The quantitative estimate of drug-likeness (QED) is 0.231. The molecule has 3 aromatic rings. The SMILES string of the molecule is CCOP(=O)(CCCC#Cc1ccc(-n2c(=O)oc3c(c2=O)N(C)S(=O)(=O)c2ccccc2-3)nc1)OCC. The second-order valence-electron chi connectivity index (χ2n) is 8.14. The lowest BCUT2D eigenvalue weighted by Gasteiger charge is -2.27. The van der Waals surface area contributed by atoms with Crippen LogP contribution in [0.5, 0.6) is 0 Å². The molecule has 3 heterocycles. The zero-order valence-corrected chi connectivity index (χ0v) is 22.8. The van der Waals surface area contributed by atoms with Crippen molar-refractivity contribution in [3.8, 4) is 29.0 Å². The van der Waals surface area contributed by atoms with Crippen LogP contribution in [0.4, 0.5) is 5.69 Å². The van der Waals surface area contributed by atoms with Gasteiger partial charge in [0.05, 0.1) is 24.3 Å². The number of benzene rings is 1. The number of hydrogen-bond acceptors (Lipinski definition) is 9. The molecule has 38 heavy (non-hydrogen) atoms. The van der Waals surface area contributed by atoms with Crippen LogP contribution in [0.25, 0.3) is 17.1 Å². The summed E-state index contributed by atoms with van der Waals surface area (Å²) in [4.78, 5) is 30.2. The zero-order valence-electron chi connectivity index (χ0n) is 21.0. The predicted octanol–water partition coefficient (Wildman–Crippen LogP) is 3.39. The molecule has 0 atom stereocenters. The molecule has 0 fully saturated rings. The molecule has 0 radical (unpaired) electrons. The lowest BCUT2D eigenvalue weighted by Crippen LogP contribution is -2.41. The van der Waals surface area contributed by atoms with Crippen molar-refractivity contribution >= 4 is 23.3 Å².